The molecule has 0 aromatic heterocycles. The molecule has 0 spiro atoms. The van der Waals surface area contributed by atoms with Gasteiger partial charge in [0.2, 0.25) is 0 Å². The first kappa shape index (κ1) is 15.1. The number of allylic oxidation sites excluding steroid dienone is 3. The van der Waals surface area contributed by atoms with Crippen LogP contribution in [0.3, 0.4) is 0 Å². The van der Waals surface area contributed by atoms with Crippen molar-refractivity contribution >= 4 is 11.8 Å². The number of carbonyl (C=O) groups excluding carboxylic acids is 2. The molecular formula is C19H24O4. The van der Waals surface area contributed by atoms with E-state index in [1.807, 2.05) is 13.0 Å². The Morgan fingerprint density at radius 1 is 1.22 bits per heavy atom. The van der Waals surface area contributed by atoms with Crippen LogP contribution in [0.25, 0.3) is 0 Å². The highest BCUT2D eigenvalue weighted by molar-refractivity contribution is 6.01. The Kier molecular flexibility index (Phi) is 3.15. The number of rotatable bonds is 0. The van der Waals surface area contributed by atoms with Crippen molar-refractivity contribution in [3.63, 3.8) is 0 Å². The van der Waals surface area contributed by atoms with E-state index in [2.05, 4.69) is 6.92 Å². The Balaban J connectivity index is 1.73. The number of ether oxygens (including phenoxy) is 1. The largest absolute Gasteiger partial charge is 0.459 e. The molecule has 1 N–H and O–H groups in total. The molecule has 0 aromatic carbocycles. The fourth-order valence-electron chi connectivity index (χ4n) is 5.69. The molecule has 4 heteroatoms. The van der Waals surface area contributed by atoms with Gasteiger partial charge in [0.15, 0.2) is 5.78 Å². The predicted molar refractivity (Wildman–Crippen MR) is 84.4 cm³/mol. The van der Waals surface area contributed by atoms with Gasteiger partial charge in [0, 0.05) is 17.8 Å². The minimum atomic E-state index is -0.458. The third-order valence-corrected chi connectivity index (χ3v) is 6.92. The van der Waals surface area contributed by atoms with Gasteiger partial charge in [-0.25, -0.2) is 0 Å². The zero-order chi connectivity index (χ0) is 16.4. The molecule has 2 saturated carbocycles. The molecule has 6 atom stereocenters. The van der Waals surface area contributed by atoms with E-state index in [1.54, 1.807) is 12.2 Å². The standard InChI is InChI=1S/C19H24O4/c1-18-7-5-12(20)9-11(18)10-15(21)17-13(18)6-8-19(2)14(17)3-4-16(22)23-19/h5,7,9,13-15,17,21H,3-4,6,8,10H2,1-2H3/t13-,14-,15+,17+,18-,19-/m0/s1. The minimum absolute atomic E-state index is 0.0235. The highest BCUT2D eigenvalue weighted by atomic mass is 16.6. The second-order valence-corrected chi connectivity index (χ2v) is 8.11. The minimum Gasteiger partial charge on any atom is -0.459 e. The van der Waals surface area contributed by atoms with E-state index < -0.39 is 11.7 Å². The van der Waals surface area contributed by atoms with E-state index in [0.29, 0.717) is 18.8 Å². The summed E-state index contributed by atoms with van der Waals surface area (Å²) in [4.78, 5) is 23.5. The number of aliphatic hydroxyl groups is 1. The summed E-state index contributed by atoms with van der Waals surface area (Å²) in [6.45, 7) is 4.23. The van der Waals surface area contributed by atoms with Crippen molar-refractivity contribution in [2.75, 3.05) is 0 Å². The van der Waals surface area contributed by atoms with Crippen LogP contribution in [-0.4, -0.2) is 28.6 Å². The van der Waals surface area contributed by atoms with Gasteiger partial charge in [-0.3, -0.25) is 9.59 Å². The second-order valence-electron chi connectivity index (χ2n) is 8.11. The lowest BCUT2D eigenvalue weighted by Crippen LogP contribution is -2.59. The van der Waals surface area contributed by atoms with E-state index in [-0.39, 0.29) is 29.0 Å². The van der Waals surface area contributed by atoms with Crippen LogP contribution >= 0.6 is 0 Å². The van der Waals surface area contributed by atoms with Crippen molar-refractivity contribution in [1.29, 1.82) is 0 Å². The van der Waals surface area contributed by atoms with Gasteiger partial charge in [-0.05, 0) is 56.6 Å². The average molecular weight is 316 g/mol. The monoisotopic (exact) mass is 316 g/mol. The van der Waals surface area contributed by atoms with Gasteiger partial charge in [0.05, 0.1) is 6.10 Å². The zero-order valence-corrected chi connectivity index (χ0v) is 13.7. The molecule has 0 unspecified atom stereocenters. The molecule has 4 rings (SSSR count). The van der Waals surface area contributed by atoms with Gasteiger partial charge in [0.25, 0.3) is 0 Å². The van der Waals surface area contributed by atoms with E-state index >= 15 is 0 Å². The van der Waals surface area contributed by atoms with Crippen molar-refractivity contribution in [3.05, 3.63) is 23.8 Å². The normalized spacial score (nSPS) is 48.7. The Labute approximate surface area is 136 Å². The van der Waals surface area contributed by atoms with Crippen LogP contribution in [0.5, 0.6) is 0 Å². The Hall–Kier alpha value is -1.42. The van der Waals surface area contributed by atoms with Gasteiger partial charge in [0.1, 0.15) is 5.60 Å². The molecule has 3 aliphatic carbocycles. The van der Waals surface area contributed by atoms with E-state index in [4.69, 9.17) is 4.74 Å². The molecule has 1 aliphatic heterocycles. The molecule has 3 fully saturated rings. The number of fused-ring (bicyclic) bond motifs is 5. The molecule has 0 amide bonds. The molecule has 4 nitrogen and oxygen atoms in total. The molecule has 1 heterocycles. The van der Waals surface area contributed by atoms with Gasteiger partial charge >= 0.3 is 5.97 Å². The SMILES string of the molecule is C[C@]12C=CC(=O)C=C1C[C@@H](O)[C@@H]1[C@@H]2CC[C@]2(C)OC(=O)CC[C@@H]12. The number of hydrogen-bond donors (Lipinski definition) is 1. The van der Waals surface area contributed by atoms with Crippen LogP contribution in [0.15, 0.2) is 23.8 Å². The molecule has 0 bridgehead atoms. The lowest BCUT2D eigenvalue weighted by molar-refractivity contribution is -0.201. The zero-order valence-electron chi connectivity index (χ0n) is 13.7. The van der Waals surface area contributed by atoms with E-state index in [0.717, 1.165) is 24.8 Å². The first-order valence-corrected chi connectivity index (χ1v) is 8.68. The number of carbonyl (C=O) groups is 2. The number of esters is 1. The summed E-state index contributed by atoms with van der Waals surface area (Å²) in [5.74, 6) is 0.551. The first-order valence-electron chi connectivity index (χ1n) is 8.68. The highest BCUT2D eigenvalue weighted by Crippen LogP contribution is 2.60. The molecule has 0 aromatic rings. The summed E-state index contributed by atoms with van der Waals surface area (Å²) in [6.07, 6.45) is 8.52. The van der Waals surface area contributed by atoms with Crippen molar-refractivity contribution < 1.29 is 19.4 Å². The summed E-state index contributed by atoms with van der Waals surface area (Å²) in [7, 11) is 0. The molecule has 1 saturated heterocycles. The van der Waals surface area contributed by atoms with Crippen molar-refractivity contribution in [2.24, 2.45) is 23.2 Å². The van der Waals surface area contributed by atoms with Crippen LogP contribution in [0.1, 0.15) is 46.0 Å². The summed E-state index contributed by atoms with van der Waals surface area (Å²) in [5.41, 5.74) is 0.472. The van der Waals surface area contributed by atoms with Crippen LogP contribution in [0.2, 0.25) is 0 Å². The second kappa shape index (κ2) is 4.79. The molecule has 4 aliphatic rings. The maximum absolute atomic E-state index is 11.7. The lowest BCUT2D eigenvalue weighted by Gasteiger charge is -2.59. The van der Waals surface area contributed by atoms with Crippen LogP contribution in [0.4, 0.5) is 0 Å². The van der Waals surface area contributed by atoms with Crippen molar-refractivity contribution in [2.45, 2.75) is 57.7 Å². The summed E-state index contributed by atoms with van der Waals surface area (Å²) in [5, 5.41) is 10.8. The van der Waals surface area contributed by atoms with Gasteiger partial charge in [-0.15, -0.1) is 0 Å². The molecule has 0 radical (unpaired) electrons. The number of hydrogen-bond acceptors (Lipinski definition) is 4. The smallest absolute Gasteiger partial charge is 0.306 e. The summed E-state index contributed by atoms with van der Waals surface area (Å²) >= 11 is 0. The number of ketones is 1. The molecule has 23 heavy (non-hydrogen) atoms. The Morgan fingerprint density at radius 3 is 2.78 bits per heavy atom. The van der Waals surface area contributed by atoms with Crippen LogP contribution < -0.4 is 0 Å². The quantitative estimate of drug-likeness (QED) is 0.698. The maximum atomic E-state index is 11.7. The Bertz CT molecular complexity index is 633. The van der Waals surface area contributed by atoms with Crippen LogP contribution in [0, 0.1) is 23.2 Å². The third-order valence-electron chi connectivity index (χ3n) is 6.92. The summed E-state index contributed by atoms with van der Waals surface area (Å²) < 4.78 is 5.72. The Morgan fingerprint density at radius 2 is 2.00 bits per heavy atom. The fraction of sp³-hybridized carbons (Fsp3) is 0.684. The first-order chi connectivity index (χ1) is 10.8. The number of aliphatic hydroxyl groups excluding tert-OH is 1. The van der Waals surface area contributed by atoms with Crippen LogP contribution in [-0.2, 0) is 14.3 Å². The predicted octanol–water partition coefficient (Wildman–Crippen LogP) is 2.56. The average Bonchev–Trinajstić information content (AvgIpc) is 2.48. The summed E-state index contributed by atoms with van der Waals surface area (Å²) in [6, 6.07) is 0. The maximum Gasteiger partial charge on any atom is 0.306 e. The van der Waals surface area contributed by atoms with Crippen molar-refractivity contribution in [3.8, 4) is 0 Å². The van der Waals surface area contributed by atoms with Gasteiger partial charge in [-0.2, -0.15) is 0 Å². The van der Waals surface area contributed by atoms with Crippen molar-refractivity contribution in [1.82, 2.24) is 0 Å². The van der Waals surface area contributed by atoms with Gasteiger partial charge in [-0.1, -0.05) is 18.6 Å². The molecular weight excluding hydrogens is 292 g/mol. The topological polar surface area (TPSA) is 63.6 Å². The highest BCUT2D eigenvalue weighted by Gasteiger charge is 2.59. The van der Waals surface area contributed by atoms with E-state index in [9.17, 15) is 14.7 Å². The van der Waals surface area contributed by atoms with E-state index in [1.165, 1.54) is 0 Å². The van der Waals surface area contributed by atoms with Gasteiger partial charge < -0.3 is 9.84 Å². The lowest BCUT2D eigenvalue weighted by atomic mass is 9.48. The fourth-order valence-corrected chi connectivity index (χ4v) is 5.69. The third kappa shape index (κ3) is 2.07. The molecule has 124 valence electrons.